The maximum absolute atomic E-state index is 11.6. The predicted molar refractivity (Wildman–Crippen MR) is 51.7 cm³/mol. The Balaban J connectivity index is 2.32. The second-order valence-electron chi connectivity index (χ2n) is 3.61. The first-order valence-electron chi connectivity index (χ1n) is 5.15. The van der Waals surface area contributed by atoms with E-state index in [0.717, 1.165) is 19.1 Å². The number of amides is 1. The smallest absolute Gasteiger partial charge is 0.223 e. The number of unbranched alkanes of at least 4 members (excludes halogenated alkanes) is 1. The van der Waals surface area contributed by atoms with E-state index in [-0.39, 0.29) is 18.6 Å². The summed E-state index contributed by atoms with van der Waals surface area (Å²) in [6.07, 6.45) is 4.40. The van der Waals surface area contributed by atoms with Crippen LogP contribution in [0.15, 0.2) is 0 Å². The molecule has 1 aliphatic heterocycles. The van der Waals surface area contributed by atoms with Crippen molar-refractivity contribution >= 4 is 12.2 Å². The number of likely N-dealkylation sites (tertiary alicyclic amines) is 1. The number of carbonyl (C=O) groups is 2. The molecule has 1 saturated heterocycles. The van der Waals surface area contributed by atoms with Crippen molar-refractivity contribution in [2.45, 2.75) is 38.1 Å². The lowest BCUT2D eigenvalue weighted by atomic mass is 10.2. The van der Waals surface area contributed by atoms with E-state index in [1.165, 1.54) is 0 Å². The molecule has 0 aromatic heterocycles. The van der Waals surface area contributed by atoms with Gasteiger partial charge < -0.3 is 14.8 Å². The third-order valence-electron chi connectivity index (χ3n) is 2.58. The molecule has 0 bridgehead atoms. The van der Waals surface area contributed by atoms with Gasteiger partial charge in [0.15, 0.2) is 0 Å². The van der Waals surface area contributed by atoms with Gasteiger partial charge in [0.05, 0.1) is 6.04 Å². The van der Waals surface area contributed by atoms with Gasteiger partial charge in [-0.05, 0) is 25.7 Å². The van der Waals surface area contributed by atoms with Crippen LogP contribution in [-0.2, 0) is 9.59 Å². The van der Waals surface area contributed by atoms with Crippen LogP contribution in [0.3, 0.4) is 0 Å². The predicted octanol–water partition coefficient (Wildman–Crippen LogP) is 0.339. The molecule has 14 heavy (non-hydrogen) atoms. The second kappa shape index (κ2) is 5.75. The lowest BCUT2D eigenvalue weighted by Gasteiger charge is -2.20. The summed E-state index contributed by atoms with van der Waals surface area (Å²) in [6.45, 7) is 0.839. The Hall–Kier alpha value is -0.900. The third kappa shape index (κ3) is 2.80. The zero-order valence-electron chi connectivity index (χ0n) is 8.32. The summed E-state index contributed by atoms with van der Waals surface area (Å²) < 4.78 is 0. The summed E-state index contributed by atoms with van der Waals surface area (Å²) in [6, 6.07) is -0.198. The van der Waals surface area contributed by atoms with Crippen molar-refractivity contribution in [1.82, 2.24) is 4.90 Å². The van der Waals surface area contributed by atoms with Crippen LogP contribution in [0.25, 0.3) is 0 Å². The van der Waals surface area contributed by atoms with Gasteiger partial charge in [-0.15, -0.1) is 0 Å². The van der Waals surface area contributed by atoms with Crippen molar-refractivity contribution in [3.8, 4) is 0 Å². The minimum atomic E-state index is -0.198. The maximum Gasteiger partial charge on any atom is 0.223 e. The van der Waals surface area contributed by atoms with Crippen LogP contribution >= 0.6 is 0 Å². The summed E-state index contributed by atoms with van der Waals surface area (Å²) in [5, 5.41) is 8.56. The molecule has 0 saturated carbocycles. The maximum atomic E-state index is 11.6. The quantitative estimate of drug-likeness (QED) is 0.513. The first-order chi connectivity index (χ1) is 6.79. The highest BCUT2D eigenvalue weighted by molar-refractivity contribution is 5.80. The first kappa shape index (κ1) is 11.2. The molecule has 1 aliphatic rings. The number of aldehydes is 1. The fourth-order valence-corrected chi connectivity index (χ4v) is 1.78. The minimum Gasteiger partial charge on any atom is -0.396 e. The second-order valence-corrected chi connectivity index (χ2v) is 3.61. The van der Waals surface area contributed by atoms with Crippen molar-refractivity contribution in [2.24, 2.45) is 0 Å². The number of aliphatic hydroxyl groups is 1. The van der Waals surface area contributed by atoms with Crippen molar-refractivity contribution in [3.05, 3.63) is 0 Å². The Morgan fingerprint density at radius 2 is 2.29 bits per heavy atom. The van der Waals surface area contributed by atoms with Crippen LogP contribution in [0.5, 0.6) is 0 Å². The van der Waals surface area contributed by atoms with Crippen LogP contribution in [0.1, 0.15) is 32.1 Å². The van der Waals surface area contributed by atoms with Crippen LogP contribution in [0, 0.1) is 0 Å². The van der Waals surface area contributed by atoms with Crippen molar-refractivity contribution in [1.29, 1.82) is 0 Å². The van der Waals surface area contributed by atoms with Gasteiger partial charge in [-0.25, -0.2) is 0 Å². The van der Waals surface area contributed by atoms with Gasteiger partial charge in [-0.1, -0.05) is 0 Å². The molecule has 80 valence electrons. The highest BCUT2D eigenvalue weighted by Crippen LogP contribution is 2.17. The highest BCUT2D eigenvalue weighted by atomic mass is 16.3. The summed E-state index contributed by atoms with van der Waals surface area (Å²) in [4.78, 5) is 23.9. The fraction of sp³-hybridized carbons (Fsp3) is 0.800. The lowest BCUT2D eigenvalue weighted by molar-refractivity contribution is -0.134. The van der Waals surface area contributed by atoms with Crippen LogP contribution in [0.2, 0.25) is 0 Å². The zero-order chi connectivity index (χ0) is 10.4. The molecule has 1 N–H and O–H groups in total. The molecule has 0 aromatic carbocycles. The monoisotopic (exact) mass is 199 g/mol. The molecule has 0 aliphatic carbocycles. The molecular formula is C10H17NO3. The number of hydrogen-bond donors (Lipinski definition) is 1. The van der Waals surface area contributed by atoms with Gasteiger partial charge in [-0.2, -0.15) is 0 Å². The SMILES string of the molecule is O=CC1CCCN1C(=O)CCCCO. The Labute approximate surface area is 83.9 Å². The fourth-order valence-electron chi connectivity index (χ4n) is 1.78. The number of rotatable bonds is 5. The molecule has 1 unspecified atom stereocenters. The van der Waals surface area contributed by atoms with E-state index in [4.69, 9.17) is 5.11 Å². The van der Waals surface area contributed by atoms with E-state index >= 15 is 0 Å². The summed E-state index contributed by atoms with van der Waals surface area (Å²) in [5.74, 6) is 0.0491. The van der Waals surface area contributed by atoms with Gasteiger partial charge in [0.1, 0.15) is 6.29 Å². The third-order valence-corrected chi connectivity index (χ3v) is 2.58. The van der Waals surface area contributed by atoms with Gasteiger partial charge >= 0.3 is 0 Å². The molecule has 4 heteroatoms. The van der Waals surface area contributed by atoms with E-state index < -0.39 is 0 Å². The molecule has 1 amide bonds. The van der Waals surface area contributed by atoms with E-state index in [9.17, 15) is 9.59 Å². The molecule has 0 aromatic rings. The zero-order valence-corrected chi connectivity index (χ0v) is 8.32. The van der Waals surface area contributed by atoms with Crippen molar-refractivity contribution in [3.63, 3.8) is 0 Å². The number of hydrogen-bond acceptors (Lipinski definition) is 3. The largest absolute Gasteiger partial charge is 0.396 e. The van der Waals surface area contributed by atoms with E-state index in [2.05, 4.69) is 0 Å². The van der Waals surface area contributed by atoms with Crippen LogP contribution in [-0.4, -0.2) is 41.4 Å². The van der Waals surface area contributed by atoms with E-state index in [1.807, 2.05) is 0 Å². The molecule has 0 radical (unpaired) electrons. The summed E-state index contributed by atoms with van der Waals surface area (Å²) >= 11 is 0. The van der Waals surface area contributed by atoms with E-state index in [1.54, 1.807) is 4.90 Å². The number of nitrogens with zero attached hydrogens (tertiary/aromatic N) is 1. The van der Waals surface area contributed by atoms with Crippen molar-refractivity contribution in [2.75, 3.05) is 13.2 Å². The average Bonchev–Trinajstić information content (AvgIpc) is 2.65. The standard InChI is InChI=1S/C10H17NO3/c12-7-2-1-5-10(14)11-6-3-4-9(11)8-13/h8-9,12H,1-7H2. The molecule has 1 heterocycles. The van der Waals surface area contributed by atoms with E-state index in [0.29, 0.717) is 25.8 Å². The molecule has 1 rings (SSSR count). The van der Waals surface area contributed by atoms with Gasteiger partial charge in [0.2, 0.25) is 5.91 Å². The Kier molecular flexibility index (Phi) is 4.59. The molecule has 0 spiro atoms. The molecular weight excluding hydrogens is 182 g/mol. The molecule has 4 nitrogen and oxygen atoms in total. The Morgan fingerprint density at radius 1 is 1.50 bits per heavy atom. The van der Waals surface area contributed by atoms with Gasteiger partial charge in [-0.3, -0.25) is 4.79 Å². The topological polar surface area (TPSA) is 57.6 Å². The van der Waals surface area contributed by atoms with Crippen molar-refractivity contribution < 1.29 is 14.7 Å². The summed E-state index contributed by atoms with van der Waals surface area (Å²) in [5.41, 5.74) is 0. The van der Waals surface area contributed by atoms with Gasteiger partial charge in [0.25, 0.3) is 0 Å². The average molecular weight is 199 g/mol. The van der Waals surface area contributed by atoms with Crippen LogP contribution in [0.4, 0.5) is 0 Å². The normalized spacial score (nSPS) is 21.2. The lowest BCUT2D eigenvalue weighted by Crippen LogP contribution is -2.36. The summed E-state index contributed by atoms with van der Waals surface area (Å²) in [7, 11) is 0. The number of carbonyl (C=O) groups excluding carboxylic acids is 2. The number of aliphatic hydroxyl groups excluding tert-OH is 1. The molecule has 1 atom stereocenters. The Morgan fingerprint density at radius 3 is 2.93 bits per heavy atom. The van der Waals surface area contributed by atoms with Gasteiger partial charge in [0, 0.05) is 19.6 Å². The first-order valence-corrected chi connectivity index (χ1v) is 5.15. The Bertz CT molecular complexity index is 206. The highest BCUT2D eigenvalue weighted by Gasteiger charge is 2.27. The minimum absolute atomic E-state index is 0.0491. The molecule has 1 fully saturated rings. The van der Waals surface area contributed by atoms with Crippen LogP contribution < -0.4 is 0 Å².